The molecule has 120 valence electrons. The Morgan fingerprint density at radius 3 is 2.68 bits per heavy atom. The molecule has 1 atom stereocenters. The van der Waals surface area contributed by atoms with Gasteiger partial charge in [-0.1, -0.05) is 0 Å². The predicted octanol–water partition coefficient (Wildman–Crippen LogP) is -0.572. The van der Waals surface area contributed by atoms with Gasteiger partial charge in [0, 0.05) is 25.7 Å². The first-order valence-electron chi connectivity index (χ1n) is 7.18. The fourth-order valence-electron chi connectivity index (χ4n) is 2.80. The van der Waals surface area contributed by atoms with Crippen LogP contribution in [0.1, 0.15) is 24.0 Å². The topological polar surface area (TPSA) is 95.5 Å². The van der Waals surface area contributed by atoms with E-state index in [9.17, 15) is 13.2 Å². The highest BCUT2D eigenvalue weighted by Gasteiger charge is 2.37. The van der Waals surface area contributed by atoms with Crippen molar-refractivity contribution in [1.82, 2.24) is 19.6 Å². The Labute approximate surface area is 129 Å². The van der Waals surface area contributed by atoms with Crippen molar-refractivity contribution in [2.75, 3.05) is 37.3 Å². The molecule has 0 aliphatic carbocycles. The molecule has 1 amide bonds. The second-order valence-corrected chi connectivity index (χ2v) is 7.58. The minimum Gasteiger partial charge on any atom is -0.353 e. The van der Waals surface area contributed by atoms with Crippen molar-refractivity contribution in [1.29, 1.82) is 0 Å². The molecule has 0 aromatic carbocycles. The number of amides is 1. The molecule has 1 aromatic rings. The summed E-state index contributed by atoms with van der Waals surface area (Å²) in [6.07, 6.45) is 1.96. The van der Waals surface area contributed by atoms with Gasteiger partial charge in [0.15, 0.2) is 0 Å². The second kappa shape index (κ2) is 5.47. The maximum absolute atomic E-state index is 11.7. The first-order chi connectivity index (χ1) is 10.3. The van der Waals surface area contributed by atoms with Crippen LogP contribution in [0.4, 0.5) is 5.82 Å². The molecule has 3 rings (SSSR count). The van der Waals surface area contributed by atoms with E-state index in [0.29, 0.717) is 37.0 Å². The molecule has 1 aromatic heterocycles. The van der Waals surface area contributed by atoms with Crippen molar-refractivity contribution in [2.45, 2.75) is 19.4 Å². The van der Waals surface area contributed by atoms with E-state index in [1.54, 1.807) is 13.0 Å². The van der Waals surface area contributed by atoms with Crippen molar-refractivity contribution in [3.05, 3.63) is 17.6 Å². The van der Waals surface area contributed by atoms with Gasteiger partial charge in [-0.3, -0.25) is 4.79 Å². The highest BCUT2D eigenvalue weighted by atomic mass is 32.2. The van der Waals surface area contributed by atoms with Gasteiger partial charge in [0.2, 0.25) is 15.9 Å². The van der Waals surface area contributed by atoms with Gasteiger partial charge in [-0.25, -0.2) is 18.4 Å². The summed E-state index contributed by atoms with van der Waals surface area (Å²) in [4.78, 5) is 22.2. The Bertz CT molecular complexity index is 706. The molecule has 0 spiro atoms. The van der Waals surface area contributed by atoms with Crippen LogP contribution in [-0.4, -0.2) is 61.0 Å². The molecule has 0 saturated carbocycles. The highest BCUT2D eigenvalue weighted by molar-refractivity contribution is 7.88. The fraction of sp³-hybridized carbons (Fsp3) is 0.615. The smallest absolute Gasteiger partial charge is 0.239 e. The summed E-state index contributed by atoms with van der Waals surface area (Å²) in [6, 6.07) is 1.57. The van der Waals surface area contributed by atoms with Gasteiger partial charge in [0.25, 0.3) is 0 Å². The van der Waals surface area contributed by atoms with E-state index in [-0.39, 0.29) is 18.5 Å². The van der Waals surface area contributed by atoms with Gasteiger partial charge >= 0.3 is 0 Å². The molecule has 2 fully saturated rings. The summed E-state index contributed by atoms with van der Waals surface area (Å²) < 4.78 is 24.9. The summed E-state index contributed by atoms with van der Waals surface area (Å²) in [7, 11) is -3.23. The third kappa shape index (κ3) is 2.91. The quantitative estimate of drug-likeness (QED) is 0.799. The number of aromatic nitrogens is 2. The Morgan fingerprint density at radius 1 is 1.32 bits per heavy atom. The first-order valence-corrected chi connectivity index (χ1v) is 9.03. The maximum atomic E-state index is 11.7. The number of carbonyl (C=O) groups excluding carboxylic acids is 1. The van der Waals surface area contributed by atoms with Crippen molar-refractivity contribution >= 4 is 21.7 Å². The van der Waals surface area contributed by atoms with E-state index in [1.807, 2.05) is 4.90 Å². The predicted molar refractivity (Wildman–Crippen MR) is 80.9 cm³/mol. The number of sulfonamides is 1. The lowest BCUT2D eigenvalue weighted by Crippen LogP contribution is -2.48. The molecule has 8 nitrogen and oxygen atoms in total. The van der Waals surface area contributed by atoms with Gasteiger partial charge in [-0.2, -0.15) is 4.31 Å². The third-order valence-electron chi connectivity index (χ3n) is 3.94. The Balaban J connectivity index is 1.89. The van der Waals surface area contributed by atoms with Crippen LogP contribution >= 0.6 is 0 Å². The SMILES string of the molecule is Cc1nc(C2CCN2S(C)(=O)=O)cc(N2CCNC(=O)C2)n1. The van der Waals surface area contributed by atoms with E-state index in [2.05, 4.69) is 15.3 Å². The summed E-state index contributed by atoms with van der Waals surface area (Å²) in [5.41, 5.74) is 0.699. The molecule has 0 radical (unpaired) electrons. The molecule has 1 unspecified atom stereocenters. The van der Waals surface area contributed by atoms with Gasteiger partial charge in [0.05, 0.1) is 24.5 Å². The van der Waals surface area contributed by atoms with Gasteiger partial charge in [0.1, 0.15) is 11.6 Å². The monoisotopic (exact) mass is 325 g/mol. The zero-order chi connectivity index (χ0) is 15.9. The molecule has 9 heteroatoms. The highest BCUT2D eigenvalue weighted by Crippen LogP contribution is 2.35. The van der Waals surface area contributed by atoms with E-state index in [4.69, 9.17) is 0 Å². The lowest BCUT2D eigenvalue weighted by molar-refractivity contribution is -0.120. The number of anilines is 1. The Hall–Kier alpha value is -1.74. The normalized spacial score (nSPS) is 23.1. The van der Waals surface area contributed by atoms with Crippen LogP contribution in [0.5, 0.6) is 0 Å². The molecule has 2 saturated heterocycles. The number of hydrogen-bond acceptors (Lipinski definition) is 6. The van der Waals surface area contributed by atoms with Gasteiger partial charge < -0.3 is 10.2 Å². The summed E-state index contributed by atoms with van der Waals surface area (Å²) in [5.74, 6) is 1.22. The van der Waals surface area contributed by atoms with E-state index < -0.39 is 10.0 Å². The number of piperazine rings is 1. The van der Waals surface area contributed by atoms with Crippen molar-refractivity contribution in [3.63, 3.8) is 0 Å². The molecule has 3 heterocycles. The molecular formula is C13H19N5O3S. The molecule has 1 N–H and O–H groups in total. The van der Waals surface area contributed by atoms with Gasteiger partial charge in [-0.05, 0) is 13.3 Å². The van der Waals surface area contributed by atoms with Crippen LogP contribution in [0.3, 0.4) is 0 Å². The number of carbonyl (C=O) groups is 1. The average molecular weight is 325 g/mol. The second-order valence-electron chi connectivity index (χ2n) is 5.65. The van der Waals surface area contributed by atoms with Crippen LogP contribution in [-0.2, 0) is 14.8 Å². The standard InChI is InChI=1S/C13H19N5O3S/c1-9-15-10(11-3-5-18(11)22(2,20)21)7-12(16-9)17-6-4-14-13(19)8-17/h7,11H,3-6,8H2,1-2H3,(H,14,19). The molecular weight excluding hydrogens is 306 g/mol. The van der Waals surface area contributed by atoms with Gasteiger partial charge in [-0.15, -0.1) is 0 Å². The van der Waals surface area contributed by atoms with Crippen LogP contribution in [0, 0.1) is 6.92 Å². The van der Waals surface area contributed by atoms with E-state index in [0.717, 1.165) is 6.42 Å². The van der Waals surface area contributed by atoms with Crippen molar-refractivity contribution in [3.8, 4) is 0 Å². The lowest BCUT2D eigenvalue weighted by Gasteiger charge is -2.38. The zero-order valence-electron chi connectivity index (χ0n) is 12.6. The van der Waals surface area contributed by atoms with Crippen molar-refractivity contribution < 1.29 is 13.2 Å². The number of nitrogens with one attached hydrogen (secondary N) is 1. The van der Waals surface area contributed by atoms with Crippen LogP contribution < -0.4 is 10.2 Å². The lowest BCUT2D eigenvalue weighted by atomic mass is 10.0. The Kier molecular flexibility index (Phi) is 3.77. The summed E-state index contributed by atoms with van der Waals surface area (Å²) in [6.45, 7) is 3.82. The summed E-state index contributed by atoms with van der Waals surface area (Å²) in [5, 5.41) is 2.77. The van der Waals surface area contributed by atoms with Crippen LogP contribution in [0.15, 0.2) is 6.07 Å². The molecule has 2 aliphatic rings. The van der Waals surface area contributed by atoms with E-state index in [1.165, 1.54) is 10.6 Å². The van der Waals surface area contributed by atoms with E-state index >= 15 is 0 Å². The maximum Gasteiger partial charge on any atom is 0.239 e. The minimum absolute atomic E-state index is 0.0366. The summed E-state index contributed by atoms with van der Waals surface area (Å²) >= 11 is 0. The van der Waals surface area contributed by atoms with Crippen molar-refractivity contribution in [2.24, 2.45) is 0 Å². The largest absolute Gasteiger partial charge is 0.353 e. The number of hydrogen-bond donors (Lipinski definition) is 1. The first kappa shape index (κ1) is 15.2. The fourth-order valence-corrected chi connectivity index (χ4v) is 3.91. The third-order valence-corrected chi connectivity index (χ3v) is 5.23. The molecule has 0 bridgehead atoms. The average Bonchev–Trinajstić information content (AvgIpc) is 2.34. The van der Waals surface area contributed by atoms with Crippen LogP contribution in [0.25, 0.3) is 0 Å². The number of nitrogens with zero attached hydrogens (tertiary/aromatic N) is 4. The minimum atomic E-state index is -3.23. The molecule has 22 heavy (non-hydrogen) atoms. The Morgan fingerprint density at radius 2 is 2.09 bits per heavy atom. The van der Waals surface area contributed by atoms with Crippen LogP contribution in [0.2, 0.25) is 0 Å². The number of rotatable bonds is 3. The molecule has 2 aliphatic heterocycles. The zero-order valence-corrected chi connectivity index (χ0v) is 13.4. The number of aryl methyl sites for hydroxylation is 1.